The topological polar surface area (TPSA) is 68.3 Å². The fourth-order valence-corrected chi connectivity index (χ4v) is 16.2. The highest BCUT2D eigenvalue weighted by molar-refractivity contribution is 7.71. The van der Waals surface area contributed by atoms with Gasteiger partial charge < -0.3 is 0 Å². The first-order valence-corrected chi connectivity index (χ1v) is 25.8. The van der Waals surface area contributed by atoms with E-state index >= 15 is 18.3 Å². The van der Waals surface area contributed by atoms with Crippen molar-refractivity contribution in [3.05, 3.63) is 203 Å². The molecule has 0 heterocycles. The third kappa shape index (κ3) is 10.2. The molecule has 4 unspecified atom stereocenters. The van der Waals surface area contributed by atoms with E-state index in [0.29, 0.717) is 59.3 Å². The minimum atomic E-state index is -4.97. The number of hydrogen-bond acceptors (Lipinski definition) is 4. The van der Waals surface area contributed by atoms with E-state index < -0.39 is 110 Å². The van der Waals surface area contributed by atoms with Crippen LogP contribution >= 0.6 is 31.2 Å². The molecule has 8 rings (SSSR count). The predicted octanol–water partition coefficient (Wildman–Crippen LogP) is 16.3. The Balaban J connectivity index is 1.49. The molecule has 8 aromatic rings. The van der Waals surface area contributed by atoms with Crippen LogP contribution < -0.4 is 21.2 Å². The smallest absolute Gasteiger partial charge is 0.166 e. The van der Waals surface area contributed by atoms with Gasteiger partial charge in [0, 0.05) is 35.4 Å². The zero-order valence-corrected chi connectivity index (χ0v) is 38.9. The van der Waals surface area contributed by atoms with E-state index in [1.54, 1.807) is 36.4 Å². The maximum Gasteiger partial charge on any atom is 0.436 e. The van der Waals surface area contributed by atoms with Crippen LogP contribution in [0.2, 0.25) is 0 Å². The Labute approximate surface area is 393 Å². The van der Waals surface area contributed by atoms with Crippen molar-refractivity contribution in [2.75, 3.05) is 0 Å². The Bertz CT molecular complexity index is 3040. The van der Waals surface area contributed by atoms with Gasteiger partial charge in [-0.3, -0.25) is 0 Å². The van der Waals surface area contributed by atoms with Gasteiger partial charge in [0.1, 0.15) is 0 Å². The van der Waals surface area contributed by atoms with Gasteiger partial charge in [-0.1, -0.05) is 103 Å². The molecule has 354 valence electrons. The number of hydrogen-bond donors (Lipinski definition) is 0. The van der Waals surface area contributed by atoms with Gasteiger partial charge in [-0.2, -0.15) is 52.7 Å². The fraction of sp³-hybridized carbons (Fsp3) is 0.120. The summed E-state index contributed by atoms with van der Waals surface area (Å²) >= 11 is 0. The molecular formula is C50H30F12O4P4+4. The Hall–Kier alpha value is -6.16. The molecule has 0 bridgehead atoms. The highest BCUT2D eigenvalue weighted by Crippen LogP contribution is 2.63. The van der Waals surface area contributed by atoms with Crippen LogP contribution in [0, 0.1) is 0 Å². The Morgan fingerprint density at radius 1 is 0.300 bits per heavy atom. The zero-order valence-electron chi connectivity index (χ0n) is 35.3. The van der Waals surface area contributed by atoms with E-state index in [1.807, 2.05) is 0 Å². The summed E-state index contributed by atoms with van der Waals surface area (Å²) in [6.07, 6.45) is -19.9. The van der Waals surface area contributed by atoms with E-state index in [1.165, 1.54) is 36.4 Å². The lowest BCUT2D eigenvalue weighted by atomic mass is 9.87. The molecule has 0 aliphatic carbocycles. The number of halogens is 12. The lowest BCUT2D eigenvalue weighted by Gasteiger charge is -2.18. The van der Waals surface area contributed by atoms with Gasteiger partial charge >= 0.3 is 66.7 Å². The number of rotatable bonds is 11. The molecule has 0 aromatic heterocycles. The first-order valence-electron chi connectivity index (χ1n) is 20.5. The molecule has 0 saturated heterocycles. The first kappa shape index (κ1) is 50.2. The molecule has 4 atom stereocenters. The van der Waals surface area contributed by atoms with Crippen molar-refractivity contribution in [3.63, 3.8) is 0 Å². The molecule has 70 heavy (non-hydrogen) atoms. The zero-order chi connectivity index (χ0) is 50.5. The quantitative estimate of drug-likeness (QED) is 0.0956. The fourth-order valence-electron chi connectivity index (χ4n) is 8.10. The summed E-state index contributed by atoms with van der Waals surface area (Å²) in [5.41, 5.74) is -5.51. The third-order valence-corrected chi connectivity index (χ3v) is 19.9. The van der Waals surface area contributed by atoms with Crippen molar-refractivity contribution in [2.45, 2.75) is 35.5 Å². The van der Waals surface area contributed by atoms with E-state index in [4.69, 9.17) is 0 Å². The molecule has 20 heteroatoms. The summed E-state index contributed by atoms with van der Waals surface area (Å²) in [4.78, 5) is 0. The van der Waals surface area contributed by atoms with Gasteiger partial charge in [0.2, 0.25) is 0 Å². The highest BCUT2D eigenvalue weighted by Gasteiger charge is 2.56. The molecule has 0 saturated carbocycles. The standard InChI is InChI=1S/C50H30F12O4P4/c51-47(52,53)31-11-5-15-35(25-31)67(63)45(68(64)36-16-6-12-32(26-36)48(54,55)56)41-23-21-29-9-1-3-19-39(29)43(41)44-40-20-4-2-10-30(40)22-24-42(44)46(69(65)37-17-7-13-33(27-37)49(57,58)59)70(66)38-18-8-14-34(28-38)50(60,61)62/h1-28,45-46H/q+4. The summed E-state index contributed by atoms with van der Waals surface area (Å²) in [5.74, 6) is 0. The molecule has 0 aliphatic rings. The van der Waals surface area contributed by atoms with Gasteiger partial charge in [0.15, 0.2) is 21.2 Å². The van der Waals surface area contributed by atoms with E-state index in [-0.39, 0.29) is 33.0 Å². The van der Waals surface area contributed by atoms with Crippen molar-refractivity contribution in [3.8, 4) is 11.1 Å². The minimum Gasteiger partial charge on any atom is -0.166 e. The molecule has 0 aliphatic heterocycles. The number of alkyl halides is 12. The first-order chi connectivity index (χ1) is 32.9. The molecular weight excluding hydrogens is 1020 g/mol. The summed E-state index contributed by atoms with van der Waals surface area (Å²) in [6.45, 7) is 0. The van der Waals surface area contributed by atoms with Crippen LogP contribution in [0.1, 0.15) is 44.2 Å². The second-order valence-electron chi connectivity index (χ2n) is 15.7. The maximum atomic E-state index is 15.2. The van der Waals surface area contributed by atoms with Crippen molar-refractivity contribution < 1.29 is 70.9 Å². The van der Waals surface area contributed by atoms with Gasteiger partial charge in [-0.15, -0.1) is 0 Å². The van der Waals surface area contributed by atoms with Crippen LogP contribution in [-0.2, 0) is 43.0 Å². The molecule has 0 N–H and O–H groups in total. The second-order valence-corrected chi connectivity index (χ2v) is 23.3. The van der Waals surface area contributed by atoms with Crippen LogP contribution in [0.3, 0.4) is 0 Å². The lowest BCUT2D eigenvalue weighted by Crippen LogP contribution is -2.14. The van der Waals surface area contributed by atoms with Crippen molar-refractivity contribution in [1.29, 1.82) is 0 Å². The summed E-state index contributed by atoms with van der Waals surface area (Å²) in [7, 11) is -13.5. The largest absolute Gasteiger partial charge is 0.436 e. The van der Waals surface area contributed by atoms with Gasteiger partial charge in [0.05, 0.1) is 33.4 Å². The normalized spacial score (nSPS) is 14.3. The van der Waals surface area contributed by atoms with Crippen molar-refractivity contribution in [1.82, 2.24) is 0 Å². The Morgan fingerprint density at radius 3 is 0.814 bits per heavy atom. The SMILES string of the molecule is O=[P+](c1cccc(C(F)(F)F)c1)C(c1ccc2ccccc2c1-c1c(C([P+](=O)c2cccc(C(F)(F)F)c2)[P+](=O)c2cccc(C(F)(F)F)c2)ccc2ccccc12)[P+](=O)c1cccc(C(F)(F)F)c1. The lowest BCUT2D eigenvalue weighted by molar-refractivity contribution is -0.138. The van der Waals surface area contributed by atoms with E-state index in [2.05, 4.69) is 0 Å². The molecule has 0 amide bonds. The van der Waals surface area contributed by atoms with Crippen LogP contribution in [-0.4, -0.2) is 0 Å². The maximum absolute atomic E-state index is 15.2. The van der Waals surface area contributed by atoms with E-state index in [9.17, 15) is 52.7 Å². The molecule has 0 fully saturated rings. The van der Waals surface area contributed by atoms with Crippen LogP contribution in [0.25, 0.3) is 32.7 Å². The van der Waals surface area contributed by atoms with E-state index in [0.717, 1.165) is 48.5 Å². The second kappa shape index (κ2) is 19.2. The predicted molar refractivity (Wildman–Crippen MR) is 247 cm³/mol. The van der Waals surface area contributed by atoms with Crippen LogP contribution in [0.15, 0.2) is 170 Å². The number of fused-ring (bicyclic) bond motifs is 2. The molecule has 0 spiro atoms. The average Bonchev–Trinajstić information content (AvgIpc) is 3.33. The van der Waals surface area contributed by atoms with Crippen molar-refractivity contribution in [2.24, 2.45) is 0 Å². The van der Waals surface area contributed by atoms with Crippen LogP contribution in [0.4, 0.5) is 52.7 Å². The highest BCUT2D eigenvalue weighted by atomic mass is 31.2. The summed E-state index contributed by atoms with van der Waals surface area (Å²) < 4.78 is 231. The molecule has 8 aromatic carbocycles. The number of benzene rings is 8. The monoisotopic (exact) mass is 1050 g/mol. The molecule has 0 radical (unpaired) electrons. The van der Waals surface area contributed by atoms with Gasteiger partial charge in [0.25, 0.3) is 0 Å². The summed E-state index contributed by atoms with van der Waals surface area (Å²) in [6, 6.07) is 31.2. The Kier molecular flexibility index (Phi) is 13.8. The van der Waals surface area contributed by atoms with Crippen LogP contribution in [0.5, 0.6) is 0 Å². The van der Waals surface area contributed by atoms with Gasteiger partial charge in [-0.05, 0) is 82.2 Å². The molecule has 4 nitrogen and oxygen atoms in total. The minimum absolute atomic E-state index is 0.0505. The Morgan fingerprint density at radius 2 is 0.557 bits per heavy atom. The van der Waals surface area contributed by atoms with Crippen molar-refractivity contribution >= 4 is 74.0 Å². The average molecular weight is 1050 g/mol. The summed E-state index contributed by atoms with van der Waals surface area (Å²) in [5, 5.41) is -4.74. The van der Waals surface area contributed by atoms with Gasteiger partial charge in [-0.25, -0.2) is 0 Å². The third-order valence-electron chi connectivity index (χ3n) is 11.3.